The van der Waals surface area contributed by atoms with E-state index in [-0.39, 0.29) is 12.3 Å². The summed E-state index contributed by atoms with van der Waals surface area (Å²) in [5.74, 6) is -2.23. The van der Waals surface area contributed by atoms with E-state index < -0.39 is 23.8 Å². The van der Waals surface area contributed by atoms with Gasteiger partial charge in [0, 0.05) is 24.4 Å². The zero-order valence-corrected chi connectivity index (χ0v) is 11.8. The first kappa shape index (κ1) is 15.0. The lowest BCUT2D eigenvalue weighted by Crippen LogP contribution is -2.45. The summed E-state index contributed by atoms with van der Waals surface area (Å²) in [6.07, 6.45) is 0.735. The maximum atomic E-state index is 12.5. The van der Waals surface area contributed by atoms with Crippen LogP contribution < -0.4 is 10.6 Å². The lowest BCUT2D eigenvalue weighted by Gasteiger charge is -2.25. The molecule has 0 bridgehead atoms. The summed E-state index contributed by atoms with van der Waals surface area (Å²) in [5.41, 5.74) is 6.58. The molecule has 0 saturated carbocycles. The number of primary amides is 1. The van der Waals surface area contributed by atoms with Crippen molar-refractivity contribution in [2.45, 2.75) is 32.2 Å². The van der Waals surface area contributed by atoms with Crippen LogP contribution in [0.1, 0.15) is 25.3 Å². The van der Waals surface area contributed by atoms with Crippen LogP contribution in [0.25, 0.3) is 0 Å². The monoisotopic (exact) mass is 290 g/mol. The van der Waals surface area contributed by atoms with Crippen LogP contribution in [0, 0.1) is 5.92 Å². The number of rotatable bonds is 5. The highest BCUT2D eigenvalue weighted by atomic mass is 16.4. The Morgan fingerprint density at radius 1 is 1.38 bits per heavy atom. The number of carbonyl (C=O) groups is 3. The Bertz CT molecular complexity index is 585. The molecule has 6 heteroatoms. The largest absolute Gasteiger partial charge is 0.480 e. The number of aliphatic carboxylic acids is 1. The molecule has 0 saturated heterocycles. The fraction of sp³-hybridized carbons (Fsp3) is 0.400. The molecule has 2 amide bonds. The third kappa shape index (κ3) is 3.04. The summed E-state index contributed by atoms with van der Waals surface area (Å²) in [6.45, 7) is 1.69. The van der Waals surface area contributed by atoms with Gasteiger partial charge in [0.1, 0.15) is 6.04 Å². The van der Waals surface area contributed by atoms with Crippen molar-refractivity contribution in [3.63, 3.8) is 0 Å². The summed E-state index contributed by atoms with van der Waals surface area (Å²) in [5, 5.41) is 9.34. The average molecular weight is 290 g/mol. The van der Waals surface area contributed by atoms with Gasteiger partial charge in [-0.1, -0.05) is 25.1 Å². The molecule has 1 aromatic carbocycles. The van der Waals surface area contributed by atoms with Crippen LogP contribution in [0.5, 0.6) is 0 Å². The zero-order valence-electron chi connectivity index (χ0n) is 11.8. The van der Waals surface area contributed by atoms with Crippen molar-refractivity contribution in [1.82, 2.24) is 0 Å². The molecule has 0 aromatic heterocycles. The van der Waals surface area contributed by atoms with Crippen molar-refractivity contribution in [3.05, 3.63) is 29.8 Å². The van der Waals surface area contributed by atoms with Gasteiger partial charge in [-0.15, -0.1) is 0 Å². The molecule has 21 heavy (non-hydrogen) atoms. The number of nitrogens with zero attached hydrogens (tertiary/aromatic N) is 1. The number of para-hydroxylation sites is 1. The number of carbonyl (C=O) groups excluding carboxylic acids is 2. The van der Waals surface area contributed by atoms with E-state index in [1.54, 1.807) is 19.1 Å². The van der Waals surface area contributed by atoms with E-state index in [1.165, 1.54) is 4.90 Å². The van der Waals surface area contributed by atoms with Crippen molar-refractivity contribution in [2.75, 3.05) is 4.90 Å². The molecule has 0 spiro atoms. The summed E-state index contributed by atoms with van der Waals surface area (Å²) >= 11 is 0. The van der Waals surface area contributed by atoms with Gasteiger partial charge >= 0.3 is 5.97 Å². The van der Waals surface area contributed by atoms with E-state index in [1.807, 2.05) is 12.1 Å². The summed E-state index contributed by atoms with van der Waals surface area (Å²) in [7, 11) is 0. The Morgan fingerprint density at radius 3 is 2.67 bits per heavy atom. The van der Waals surface area contributed by atoms with E-state index in [0.29, 0.717) is 18.5 Å². The molecule has 0 fully saturated rings. The molecular formula is C15H18N2O4. The highest BCUT2D eigenvalue weighted by Crippen LogP contribution is 2.33. The average Bonchev–Trinajstić information content (AvgIpc) is 2.83. The van der Waals surface area contributed by atoms with Crippen LogP contribution in [0.4, 0.5) is 5.69 Å². The van der Waals surface area contributed by atoms with Crippen LogP contribution in [-0.2, 0) is 20.8 Å². The molecule has 1 aromatic rings. The van der Waals surface area contributed by atoms with Gasteiger partial charge < -0.3 is 10.8 Å². The SMILES string of the molecule is C[C@@H](CCC(N)=O)C(=O)N1c2ccccc2C[C@H]1C(=O)O. The second kappa shape index (κ2) is 5.95. The zero-order chi connectivity index (χ0) is 15.6. The second-order valence-electron chi connectivity index (χ2n) is 5.30. The van der Waals surface area contributed by atoms with Gasteiger partial charge in [-0.05, 0) is 18.1 Å². The molecule has 0 aliphatic carbocycles. The van der Waals surface area contributed by atoms with E-state index in [2.05, 4.69) is 0 Å². The Hall–Kier alpha value is -2.37. The molecule has 6 nitrogen and oxygen atoms in total. The Kier molecular flexibility index (Phi) is 4.26. The van der Waals surface area contributed by atoms with Gasteiger partial charge in [0.05, 0.1) is 0 Å². The number of amides is 2. The lowest BCUT2D eigenvalue weighted by atomic mass is 10.0. The Balaban J connectivity index is 2.24. The fourth-order valence-corrected chi connectivity index (χ4v) is 2.58. The Labute approximate surface area is 122 Å². The highest BCUT2D eigenvalue weighted by molar-refractivity contribution is 6.02. The minimum Gasteiger partial charge on any atom is -0.480 e. The fourth-order valence-electron chi connectivity index (χ4n) is 2.58. The molecule has 0 unspecified atom stereocenters. The van der Waals surface area contributed by atoms with Crippen LogP contribution >= 0.6 is 0 Å². The first-order valence-electron chi connectivity index (χ1n) is 6.84. The van der Waals surface area contributed by atoms with Gasteiger partial charge in [0.25, 0.3) is 0 Å². The molecule has 2 atom stereocenters. The predicted molar refractivity (Wildman–Crippen MR) is 76.6 cm³/mol. The van der Waals surface area contributed by atoms with Crippen molar-refractivity contribution >= 4 is 23.5 Å². The second-order valence-corrected chi connectivity index (χ2v) is 5.30. The predicted octanol–water partition coefficient (Wildman–Crippen LogP) is 0.930. The van der Waals surface area contributed by atoms with E-state index >= 15 is 0 Å². The number of hydrogen-bond acceptors (Lipinski definition) is 3. The van der Waals surface area contributed by atoms with Crippen molar-refractivity contribution in [1.29, 1.82) is 0 Å². The number of carboxylic acids is 1. The molecule has 2 rings (SSSR count). The minimum atomic E-state index is -1.03. The van der Waals surface area contributed by atoms with Gasteiger partial charge in [0.2, 0.25) is 11.8 Å². The van der Waals surface area contributed by atoms with Crippen molar-refractivity contribution in [2.24, 2.45) is 11.7 Å². The molecule has 1 aliphatic rings. The van der Waals surface area contributed by atoms with Gasteiger partial charge in [-0.25, -0.2) is 4.79 Å². The molecule has 1 heterocycles. The highest BCUT2D eigenvalue weighted by Gasteiger charge is 2.39. The first-order valence-corrected chi connectivity index (χ1v) is 6.84. The maximum absolute atomic E-state index is 12.5. The maximum Gasteiger partial charge on any atom is 0.327 e. The molecular weight excluding hydrogens is 272 g/mol. The number of hydrogen-bond donors (Lipinski definition) is 2. The quantitative estimate of drug-likeness (QED) is 0.842. The van der Waals surface area contributed by atoms with E-state index in [0.717, 1.165) is 5.56 Å². The molecule has 0 radical (unpaired) electrons. The summed E-state index contributed by atoms with van der Waals surface area (Å²) in [6, 6.07) is 6.29. The third-order valence-corrected chi connectivity index (χ3v) is 3.74. The van der Waals surface area contributed by atoms with E-state index in [9.17, 15) is 19.5 Å². The minimum absolute atomic E-state index is 0.111. The van der Waals surface area contributed by atoms with Crippen LogP contribution in [0.2, 0.25) is 0 Å². The standard InChI is InChI=1S/C15H18N2O4/c1-9(6-7-13(16)18)14(19)17-11-5-3-2-4-10(11)8-12(17)15(20)21/h2-5,9,12H,6-8H2,1H3,(H2,16,18)(H,20,21)/t9-,12-/m0/s1. The van der Waals surface area contributed by atoms with Crippen LogP contribution in [-0.4, -0.2) is 28.9 Å². The summed E-state index contributed by atoms with van der Waals surface area (Å²) in [4.78, 5) is 36.1. The first-order chi connectivity index (χ1) is 9.91. The molecule has 3 N–H and O–H groups in total. The van der Waals surface area contributed by atoms with Gasteiger partial charge in [0.15, 0.2) is 0 Å². The van der Waals surface area contributed by atoms with Crippen molar-refractivity contribution in [3.8, 4) is 0 Å². The summed E-state index contributed by atoms with van der Waals surface area (Å²) < 4.78 is 0. The van der Waals surface area contributed by atoms with Crippen LogP contribution in [0.3, 0.4) is 0 Å². The normalized spacial score (nSPS) is 18.1. The number of benzene rings is 1. The van der Waals surface area contributed by atoms with E-state index in [4.69, 9.17) is 5.73 Å². The van der Waals surface area contributed by atoms with Crippen LogP contribution in [0.15, 0.2) is 24.3 Å². The Morgan fingerprint density at radius 2 is 2.05 bits per heavy atom. The van der Waals surface area contributed by atoms with Gasteiger partial charge in [-0.2, -0.15) is 0 Å². The smallest absolute Gasteiger partial charge is 0.327 e. The van der Waals surface area contributed by atoms with Gasteiger partial charge in [-0.3, -0.25) is 14.5 Å². The lowest BCUT2D eigenvalue weighted by molar-refractivity contribution is -0.140. The number of anilines is 1. The van der Waals surface area contributed by atoms with Crippen molar-refractivity contribution < 1.29 is 19.5 Å². The number of nitrogens with two attached hydrogens (primary N) is 1. The number of carboxylic acid groups (broad SMARTS) is 1. The third-order valence-electron chi connectivity index (χ3n) is 3.74. The number of fused-ring (bicyclic) bond motifs is 1. The topological polar surface area (TPSA) is 101 Å². The molecule has 112 valence electrons. The molecule has 1 aliphatic heterocycles.